The zero-order valence-corrected chi connectivity index (χ0v) is 25.7. The van der Waals surface area contributed by atoms with Crippen LogP contribution < -0.4 is 14.8 Å². The molecule has 0 amide bonds. The van der Waals surface area contributed by atoms with Crippen molar-refractivity contribution in [3.8, 4) is 5.75 Å². The molecule has 2 fully saturated rings. The first-order chi connectivity index (χ1) is 20.1. The summed E-state index contributed by atoms with van der Waals surface area (Å²) in [5.41, 5.74) is 3.35. The molecule has 0 unspecified atom stereocenters. The number of carboxylic acid groups (broad SMARTS) is 1. The molecule has 1 aliphatic heterocycles. The Labute approximate surface area is 253 Å². The van der Waals surface area contributed by atoms with E-state index in [1.807, 2.05) is 6.07 Å². The van der Waals surface area contributed by atoms with E-state index < -0.39 is 21.2 Å². The molecule has 3 N–H and O–H groups in total. The van der Waals surface area contributed by atoms with Crippen LogP contribution in [0.2, 0.25) is 5.02 Å². The van der Waals surface area contributed by atoms with Gasteiger partial charge in [-0.25, -0.2) is 18.4 Å². The van der Waals surface area contributed by atoms with E-state index in [1.165, 1.54) is 11.1 Å². The summed E-state index contributed by atoms with van der Waals surface area (Å²) in [6, 6.07) is 11.3. The molecule has 1 spiro atoms. The maximum atomic E-state index is 12.2. The molecule has 0 radical (unpaired) electrons. The Morgan fingerprint density at radius 3 is 2.74 bits per heavy atom. The Bertz CT molecular complexity index is 1450. The van der Waals surface area contributed by atoms with E-state index in [2.05, 4.69) is 17.0 Å². The fraction of sp³-hybridized carbons (Fsp3) is 0.594. The van der Waals surface area contributed by atoms with E-state index in [9.17, 15) is 18.3 Å². The van der Waals surface area contributed by atoms with Crippen molar-refractivity contribution >= 4 is 33.3 Å². The topological polar surface area (TPSA) is 119 Å². The highest BCUT2D eigenvalue weighted by Crippen LogP contribution is 2.48. The van der Waals surface area contributed by atoms with E-state index in [0.29, 0.717) is 37.0 Å². The third-order valence-corrected chi connectivity index (χ3v) is 12.1. The summed E-state index contributed by atoms with van der Waals surface area (Å²) in [7, 11) is -1.83. The molecular weight excluding hydrogens is 576 g/mol. The molecule has 0 saturated heterocycles. The zero-order valence-electron chi connectivity index (χ0n) is 24.1. The number of carboxylic acids is 1. The molecule has 3 aliphatic carbocycles. The number of benzene rings is 2. The van der Waals surface area contributed by atoms with Crippen molar-refractivity contribution in [1.29, 1.82) is 0 Å². The van der Waals surface area contributed by atoms with Crippen molar-refractivity contribution in [3.05, 3.63) is 58.1 Å². The van der Waals surface area contributed by atoms with Gasteiger partial charge in [-0.3, -0.25) is 0 Å². The summed E-state index contributed by atoms with van der Waals surface area (Å²) in [6.07, 6.45) is 7.97. The largest absolute Gasteiger partial charge is 0.490 e. The van der Waals surface area contributed by atoms with Crippen LogP contribution in [-0.4, -0.2) is 57.7 Å². The maximum Gasteiger partial charge on any atom is 0.335 e. The van der Waals surface area contributed by atoms with Gasteiger partial charge in [0.2, 0.25) is 10.0 Å². The number of halogens is 1. The quantitative estimate of drug-likeness (QED) is 0.427. The minimum atomic E-state index is -3.58. The second kappa shape index (κ2) is 11.6. The number of nitrogens with zero attached hydrogens (tertiary/aromatic N) is 1. The van der Waals surface area contributed by atoms with Crippen molar-refractivity contribution in [2.45, 2.75) is 74.6 Å². The second-order valence-electron chi connectivity index (χ2n) is 12.9. The second-order valence-corrected chi connectivity index (χ2v) is 15.2. The lowest BCUT2D eigenvalue weighted by Crippen LogP contribution is -2.51. The first kappa shape index (κ1) is 29.7. The molecule has 8 nitrogen and oxygen atoms in total. The molecule has 6 atom stereocenters. The van der Waals surface area contributed by atoms with Gasteiger partial charge < -0.3 is 19.5 Å². The molecule has 1 heterocycles. The number of ether oxygens (including phenoxy) is 2. The summed E-state index contributed by atoms with van der Waals surface area (Å²) >= 11 is 6.39. The fourth-order valence-corrected chi connectivity index (χ4v) is 9.48. The van der Waals surface area contributed by atoms with E-state index in [1.54, 1.807) is 25.3 Å². The van der Waals surface area contributed by atoms with Crippen molar-refractivity contribution < 1.29 is 27.8 Å². The zero-order chi connectivity index (χ0) is 29.6. The van der Waals surface area contributed by atoms with Crippen LogP contribution >= 0.6 is 11.6 Å². The Morgan fingerprint density at radius 1 is 1.19 bits per heavy atom. The van der Waals surface area contributed by atoms with Gasteiger partial charge in [0.1, 0.15) is 5.75 Å². The van der Waals surface area contributed by atoms with Gasteiger partial charge in [0.15, 0.2) is 0 Å². The minimum Gasteiger partial charge on any atom is -0.490 e. The number of nitrogens with two attached hydrogens (primary N) is 1. The van der Waals surface area contributed by atoms with Crippen LogP contribution in [0.25, 0.3) is 0 Å². The van der Waals surface area contributed by atoms with Gasteiger partial charge >= 0.3 is 5.97 Å². The number of anilines is 1. The lowest BCUT2D eigenvalue weighted by atomic mass is 9.65. The number of hydrogen-bond donors (Lipinski definition) is 2. The van der Waals surface area contributed by atoms with Crippen LogP contribution in [0.15, 0.2) is 36.4 Å². The van der Waals surface area contributed by atoms with Crippen LogP contribution in [0.5, 0.6) is 5.75 Å². The van der Waals surface area contributed by atoms with Crippen LogP contribution in [0, 0.1) is 17.8 Å². The monoisotopic (exact) mass is 616 g/mol. The average molecular weight is 617 g/mol. The van der Waals surface area contributed by atoms with Crippen LogP contribution in [0.3, 0.4) is 0 Å². The number of sulfonamides is 1. The summed E-state index contributed by atoms with van der Waals surface area (Å²) < 4.78 is 37.0. The van der Waals surface area contributed by atoms with Crippen molar-refractivity contribution in [1.82, 2.24) is 0 Å². The summed E-state index contributed by atoms with van der Waals surface area (Å²) in [4.78, 5) is 14.3. The van der Waals surface area contributed by atoms with Gasteiger partial charge in [-0.2, -0.15) is 0 Å². The number of hydrogen-bond acceptors (Lipinski definition) is 6. The van der Waals surface area contributed by atoms with Gasteiger partial charge in [-0.1, -0.05) is 24.1 Å². The SMILES string of the molecule is CO[C@H]([C@H]1CCC[C@H](S(N)(=O)=O)C1)[C@@H]1CC[C@H]1CN1C[C@@]2(CCCc3cc(Cl)ccc32)COc2ccc(C(=O)O)cc21. The van der Waals surface area contributed by atoms with E-state index in [0.717, 1.165) is 68.7 Å². The molecule has 2 saturated carbocycles. The number of methoxy groups -OCH3 is 1. The lowest BCUT2D eigenvalue weighted by Gasteiger charge is -2.48. The van der Waals surface area contributed by atoms with Crippen molar-refractivity contribution in [2.75, 3.05) is 31.7 Å². The number of aromatic carboxylic acids is 1. The Kier molecular flexibility index (Phi) is 8.24. The molecule has 6 rings (SSSR count). The number of rotatable bonds is 7. The summed E-state index contributed by atoms with van der Waals surface area (Å²) in [5.74, 6) is 0.523. The maximum absolute atomic E-state index is 12.2. The van der Waals surface area contributed by atoms with Gasteiger partial charge in [-0.15, -0.1) is 0 Å². The molecule has 2 aromatic carbocycles. The number of carbonyl (C=O) groups is 1. The summed E-state index contributed by atoms with van der Waals surface area (Å²) in [6.45, 7) is 1.98. The van der Waals surface area contributed by atoms with Gasteiger partial charge in [0.25, 0.3) is 0 Å². The third-order valence-electron chi connectivity index (χ3n) is 10.5. The highest BCUT2D eigenvalue weighted by atomic mass is 35.5. The van der Waals surface area contributed by atoms with Crippen molar-refractivity contribution in [3.63, 3.8) is 0 Å². The highest BCUT2D eigenvalue weighted by molar-refractivity contribution is 7.89. The molecule has 2 aromatic rings. The molecule has 42 heavy (non-hydrogen) atoms. The molecule has 228 valence electrons. The third kappa shape index (κ3) is 5.65. The first-order valence-corrected chi connectivity index (χ1v) is 17.1. The summed E-state index contributed by atoms with van der Waals surface area (Å²) in [5, 5.41) is 15.6. The fourth-order valence-electron chi connectivity index (χ4n) is 8.28. The first-order valence-electron chi connectivity index (χ1n) is 15.2. The average Bonchev–Trinajstić information content (AvgIpc) is 3.10. The molecule has 0 bridgehead atoms. The predicted octanol–water partition coefficient (Wildman–Crippen LogP) is 5.40. The Balaban J connectivity index is 1.31. The molecule has 10 heteroatoms. The molecular formula is C32H41ClN2O6S. The van der Waals surface area contributed by atoms with E-state index >= 15 is 0 Å². The van der Waals surface area contributed by atoms with Gasteiger partial charge in [0.05, 0.1) is 29.2 Å². The van der Waals surface area contributed by atoms with Crippen LogP contribution in [0.4, 0.5) is 5.69 Å². The van der Waals surface area contributed by atoms with Crippen LogP contribution in [-0.2, 0) is 26.6 Å². The molecule has 0 aromatic heterocycles. The normalized spacial score (nSPS) is 29.9. The Morgan fingerprint density at radius 2 is 2.02 bits per heavy atom. The highest BCUT2D eigenvalue weighted by Gasteiger charge is 2.46. The number of aryl methyl sites for hydroxylation is 1. The minimum absolute atomic E-state index is 0.0344. The standard InChI is InChI=1S/C32H41ClN2O6S/c1-40-30(21-4-2-6-25(15-21)42(34,38)39)26-10-7-23(26)17-35-18-32(13-3-5-20-14-24(33)9-11-27(20)32)19-41-29-12-8-22(31(36)37)16-28(29)35/h8-9,11-12,14,16,21,23,25-26,30H,2-7,10,13,15,17-19H2,1H3,(H,36,37)(H2,34,38,39)/t21-,23-,25-,26+,30+,32-/m0/s1. The molecule has 4 aliphatic rings. The van der Waals surface area contributed by atoms with Gasteiger partial charge in [0, 0.05) is 30.6 Å². The van der Waals surface area contributed by atoms with E-state index in [-0.39, 0.29) is 23.0 Å². The number of primary sulfonamides is 1. The van der Waals surface area contributed by atoms with Gasteiger partial charge in [-0.05, 0) is 111 Å². The Hall–Kier alpha value is -2.33. The van der Waals surface area contributed by atoms with Crippen molar-refractivity contribution in [2.24, 2.45) is 22.9 Å². The predicted molar refractivity (Wildman–Crippen MR) is 163 cm³/mol. The smallest absolute Gasteiger partial charge is 0.335 e. The number of fused-ring (bicyclic) bond motifs is 3. The lowest BCUT2D eigenvalue weighted by molar-refractivity contribution is -0.0588. The van der Waals surface area contributed by atoms with Crippen LogP contribution in [0.1, 0.15) is 72.9 Å². The van der Waals surface area contributed by atoms with E-state index in [4.69, 9.17) is 26.2 Å².